The highest BCUT2D eigenvalue weighted by Gasteiger charge is 2.45. The van der Waals surface area contributed by atoms with Crippen LogP contribution in [0.25, 0.3) is 0 Å². The van der Waals surface area contributed by atoms with Gasteiger partial charge in [-0.1, -0.05) is 43.3 Å². The van der Waals surface area contributed by atoms with E-state index in [-0.39, 0.29) is 0 Å². The maximum Gasteiger partial charge on any atom is 0.343 e. The van der Waals surface area contributed by atoms with Gasteiger partial charge < -0.3 is 4.74 Å². The fraction of sp³-hybridized carbons (Fsp3) is 0.138. The average Bonchev–Trinajstić information content (AvgIpc) is 2.86. The Morgan fingerprint density at radius 3 is 1.83 bits per heavy atom. The van der Waals surface area contributed by atoms with E-state index in [1.54, 1.807) is 36.4 Å². The summed E-state index contributed by atoms with van der Waals surface area (Å²) in [4.78, 5) is 16.1. The predicted octanol–water partition coefficient (Wildman–Crippen LogP) is 6.33. The first-order valence-electron chi connectivity index (χ1n) is 11.4. The molecule has 1 aliphatic heterocycles. The van der Waals surface area contributed by atoms with Crippen molar-refractivity contribution >= 4 is 26.7 Å². The number of benzene rings is 4. The van der Waals surface area contributed by atoms with Crippen LogP contribution in [0.2, 0.25) is 0 Å². The average molecular weight is 502 g/mol. The Morgan fingerprint density at radius 1 is 0.800 bits per heavy atom. The van der Waals surface area contributed by atoms with Gasteiger partial charge in [0, 0.05) is 12.1 Å². The van der Waals surface area contributed by atoms with Gasteiger partial charge in [0.1, 0.15) is 26.4 Å². The minimum absolute atomic E-state index is 0.350. The van der Waals surface area contributed by atoms with Crippen molar-refractivity contribution in [1.29, 1.82) is 0 Å². The minimum Gasteiger partial charge on any atom is -0.422 e. The Hall–Kier alpha value is -3.35. The highest BCUT2D eigenvalue weighted by molar-refractivity contribution is 8.00. The fourth-order valence-electron chi connectivity index (χ4n) is 4.39. The molecule has 4 nitrogen and oxygen atoms in total. The molecule has 0 radical (unpaired) electrons. The van der Waals surface area contributed by atoms with Crippen molar-refractivity contribution in [1.82, 2.24) is 0 Å². The molecule has 176 valence electrons. The number of hydrogen-bond acceptors (Lipinski definition) is 4. The van der Waals surface area contributed by atoms with Gasteiger partial charge in [-0.15, -0.1) is 0 Å². The van der Waals surface area contributed by atoms with Gasteiger partial charge in [-0.2, -0.15) is 0 Å². The lowest BCUT2D eigenvalue weighted by Gasteiger charge is -2.20. The molecular weight excluding hydrogens is 476 g/mol. The molecule has 4 aromatic rings. The summed E-state index contributed by atoms with van der Waals surface area (Å²) < 4.78 is 32.4. The zero-order chi connectivity index (χ0) is 24.7. The Labute approximate surface area is 208 Å². The molecule has 0 aromatic heterocycles. The molecule has 0 N–H and O–H groups in total. The normalized spacial score (nSPS) is 14.1. The van der Waals surface area contributed by atoms with Crippen LogP contribution in [0.3, 0.4) is 0 Å². The van der Waals surface area contributed by atoms with Crippen LogP contribution in [0.15, 0.2) is 109 Å². The zero-order valence-electron chi connectivity index (χ0n) is 19.7. The molecule has 1 heterocycles. The van der Waals surface area contributed by atoms with E-state index in [9.17, 15) is 13.2 Å². The minimum atomic E-state index is -3.58. The molecule has 0 saturated carbocycles. The summed E-state index contributed by atoms with van der Waals surface area (Å²) >= 11 is 0. The first-order valence-corrected chi connectivity index (χ1v) is 14.1. The van der Waals surface area contributed by atoms with Gasteiger partial charge in [0.25, 0.3) is 0 Å². The summed E-state index contributed by atoms with van der Waals surface area (Å²) in [6.45, 7) is 5.91. The first kappa shape index (κ1) is 23.4. The number of esters is 1. The molecule has 0 atom stereocenters. The second-order valence-corrected chi connectivity index (χ2v) is 12.4. The van der Waals surface area contributed by atoms with Crippen molar-refractivity contribution in [3.05, 3.63) is 107 Å². The van der Waals surface area contributed by atoms with Crippen molar-refractivity contribution in [2.24, 2.45) is 0 Å². The van der Waals surface area contributed by atoms with E-state index in [4.69, 9.17) is 4.74 Å². The molecule has 0 fully saturated rings. The highest BCUT2D eigenvalue weighted by Crippen LogP contribution is 2.45. The van der Waals surface area contributed by atoms with Gasteiger partial charge in [-0.05, 0) is 73.4 Å². The lowest BCUT2D eigenvalue weighted by atomic mass is 10.1. The molecule has 0 bridgehead atoms. The van der Waals surface area contributed by atoms with Crippen LogP contribution in [0.5, 0.6) is 5.75 Å². The number of aryl methyl sites for hydroxylation is 3. The molecule has 5 rings (SSSR count). The number of rotatable bonds is 4. The number of hydrogen-bond donors (Lipinski definition) is 0. The maximum absolute atomic E-state index is 13.3. The Morgan fingerprint density at radius 2 is 1.31 bits per heavy atom. The first-order chi connectivity index (χ1) is 16.8. The number of fused-ring (bicyclic) bond motifs is 2. The van der Waals surface area contributed by atoms with Crippen molar-refractivity contribution < 1.29 is 17.9 Å². The van der Waals surface area contributed by atoms with Crippen LogP contribution in [0, 0.1) is 13.8 Å². The lowest BCUT2D eigenvalue weighted by Crippen LogP contribution is -2.20. The van der Waals surface area contributed by atoms with Crippen LogP contribution in [0.4, 0.5) is 0 Å². The van der Waals surface area contributed by atoms with Crippen LogP contribution in [-0.2, 0) is 27.2 Å². The molecule has 35 heavy (non-hydrogen) atoms. The topological polar surface area (TPSA) is 60.4 Å². The van der Waals surface area contributed by atoms with Gasteiger partial charge in [0.15, 0.2) is 14.7 Å². The lowest BCUT2D eigenvalue weighted by molar-refractivity contribution is 0.0732. The van der Waals surface area contributed by atoms with E-state index in [0.717, 1.165) is 37.8 Å². The smallest absolute Gasteiger partial charge is 0.343 e. The van der Waals surface area contributed by atoms with Gasteiger partial charge in [-0.25, -0.2) is 13.2 Å². The molecular formula is C29H25O4S2+. The summed E-state index contributed by atoms with van der Waals surface area (Å²) in [5, 5.41) is 0. The van der Waals surface area contributed by atoms with E-state index < -0.39 is 26.7 Å². The van der Waals surface area contributed by atoms with E-state index in [1.165, 1.54) is 0 Å². The van der Waals surface area contributed by atoms with Crippen molar-refractivity contribution in [3.8, 4) is 5.75 Å². The molecule has 1 aliphatic rings. The fourth-order valence-corrected chi connectivity index (χ4v) is 9.27. The zero-order valence-corrected chi connectivity index (χ0v) is 21.4. The molecule has 0 unspecified atom stereocenters. The van der Waals surface area contributed by atoms with Crippen molar-refractivity contribution in [3.63, 3.8) is 0 Å². The quantitative estimate of drug-likeness (QED) is 0.164. The van der Waals surface area contributed by atoms with E-state index >= 15 is 0 Å². The number of sulfone groups is 1. The standard InChI is InChI=1S/C29H25O4S2/c1-4-21-13-15-22(16-14-21)29(30)33-28-19(2)17-23(18-20(28)3)34-24-9-5-7-11-26(24)35(31,32)27-12-8-6-10-25(27)34/h5-18H,4H2,1-3H3/q+1. The summed E-state index contributed by atoms with van der Waals surface area (Å²) in [6.07, 6.45) is 0.907. The van der Waals surface area contributed by atoms with Gasteiger partial charge in [0.05, 0.1) is 5.56 Å². The maximum atomic E-state index is 13.3. The molecule has 0 saturated heterocycles. The molecule has 4 aromatic carbocycles. The third-order valence-electron chi connectivity index (χ3n) is 6.18. The molecule has 0 aliphatic carbocycles. The van der Waals surface area contributed by atoms with Crippen LogP contribution < -0.4 is 4.74 Å². The Kier molecular flexibility index (Phi) is 6.03. The van der Waals surface area contributed by atoms with Gasteiger partial charge in [0.2, 0.25) is 9.84 Å². The van der Waals surface area contributed by atoms with Crippen molar-refractivity contribution in [2.75, 3.05) is 0 Å². The molecule has 0 spiro atoms. The summed E-state index contributed by atoms with van der Waals surface area (Å²) in [6, 6.07) is 25.9. The Bertz CT molecular complexity index is 1480. The number of carbonyl (C=O) groups is 1. The predicted molar refractivity (Wildman–Crippen MR) is 137 cm³/mol. The van der Waals surface area contributed by atoms with Crippen LogP contribution >= 0.6 is 0 Å². The molecule has 6 heteroatoms. The Balaban J connectivity index is 1.56. The van der Waals surface area contributed by atoms with Crippen LogP contribution in [0.1, 0.15) is 34.0 Å². The van der Waals surface area contributed by atoms with Crippen LogP contribution in [-0.4, -0.2) is 14.4 Å². The van der Waals surface area contributed by atoms with Gasteiger partial charge in [-0.3, -0.25) is 0 Å². The van der Waals surface area contributed by atoms with E-state index in [0.29, 0.717) is 21.1 Å². The number of ether oxygens (including phenoxy) is 1. The van der Waals surface area contributed by atoms with E-state index in [2.05, 4.69) is 6.92 Å². The van der Waals surface area contributed by atoms with Crippen molar-refractivity contribution in [2.45, 2.75) is 51.7 Å². The van der Waals surface area contributed by atoms with E-state index in [1.807, 2.05) is 62.4 Å². The molecule has 0 amide bonds. The third-order valence-corrected chi connectivity index (χ3v) is 10.6. The number of carbonyl (C=O) groups excluding carboxylic acids is 1. The second-order valence-electron chi connectivity index (χ2n) is 8.53. The third kappa shape index (κ3) is 4.07. The second kappa shape index (κ2) is 9.02. The SMILES string of the molecule is CCc1ccc(C(=O)Oc2c(C)cc([S+]3c4ccccc4S(=O)(=O)c4ccccc43)cc2C)cc1. The van der Waals surface area contributed by atoms with Gasteiger partial charge >= 0.3 is 5.97 Å². The highest BCUT2D eigenvalue weighted by atomic mass is 32.2. The summed E-state index contributed by atoms with van der Waals surface area (Å²) in [5.74, 6) is 0.140. The monoisotopic (exact) mass is 501 g/mol. The largest absolute Gasteiger partial charge is 0.422 e. The summed E-state index contributed by atoms with van der Waals surface area (Å²) in [7, 11) is -4.19. The summed E-state index contributed by atoms with van der Waals surface area (Å²) in [5.41, 5.74) is 3.32.